The van der Waals surface area contributed by atoms with E-state index in [1.54, 1.807) is 0 Å². The standard InChI is InChI=1S/C5H3BO2S/c6-4-1-3(2-9-4)5(7)8/h1-2H,(H,7,8). The van der Waals surface area contributed by atoms with E-state index in [1.807, 2.05) is 0 Å². The van der Waals surface area contributed by atoms with Gasteiger partial charge in [-0.05, 0) is 10.8 Å². The van der Waals surface area contributed by atoms with Crippen LogP contribution in [0.1, 0.15) is 10.4 Å². The molecule has 0 bridgehead atoms. The molecule has 1 aromatic heterocycles. The summed E-state index contributed by atoms with van der Waals surface area (Å²) in [5.74, 6) is -0.928. The fraction of sp³-hybridized carbons (Fsp3) is 0. The van der Waals surface area contributed by atoms with E-state index < -0.39 is 5.97 Å². The molecule has 2 radical (unpaired) electrons. The molecule has 1 heterocycles. The van der Waals surface area contributed by atoms with Gasteiger partial charge in [0.25, 0.3) is 0 Å². The normalized spacial score (nSPS) is 9.33. The van der Waals surface area contributed by atoms with E-state index in [4.69, 9.17) is 13.0 Å². The average molecular weight is 138 g/mol. The van der Waals surface area contributed by atoms with Gasteiger partial charge in [-0.2, -0.15) is 11.3 Å². The van der Waals surface area contributed by atoms with Gasteiger partial charge in [-0.15, -0.1) is 0 Å². The third kappa shape index (κ3) is 1.32. The SMILES string of the molecule is [B]c1cc(C(=O)O)cs1. The van der Waals surface area contributed by atoms with Crippen LogP contribution in [-0.4, -0.2) is 18.9 Å². The predicted octanol–water partition coefficient (Wildman–Crippen LogP) is 0.240. The quantitative estimate of drug-likeness (QED) is 0.564. The highest BCUT2D eigenvalue weighted by molar-refractivity contribution is 7.18. The molecule has 1 aromatic rings. The van der Waals surface area contributed by atoms with Crippen molar-refractivity contribution in [1.82, 2.24) is 0 Å². The topological polar surface area (TPSA) is 37.3 Å². The number of hydrogen-bond donors (Lipinski definition) is 1. The summed E-state index contributed by atoms with van der Waals surface area (Å²) in [6.45, 7) is 0. The zero-order valence-corrected chi connectivity index (χ0v) is 5.31. The fourth-order valence-electron chi connectivity index (χ4n) is 0.465. The van der Waals surface area contributed by atoms with Crippen LogP contribution in [0.3, 0.4) is 0 Å². The van der Waals surface area contributed by atoms with Crippen molar-refractivity contribution in [2.24, 2.45) is 0 Å². The Morgan fingerprint density at radius 1 is 1.78 bits per heavy atom. The minimum Gasteiger partial charge on any atom is -0.478 e. The Morgan fingerprint density at radius 3 is 2.67 bits per heavy atom. The first kappa shape index (κ1) is 6.36. The average Bonchev–Trinajstić information content (AvgIpc) is 2.14. The first-order valence-corrected chi connectivity index (χ1v) is 3.15. The van der Waals surface area contributed by atoms with Gasteiger partial charge in [0.05, 0.1) is 5.56 Å². The van der Waals surface area contributed by atoms with E-state index in [2.05, 4.69) is 0 Å². The van der Waals surface area contributed by atoms with Gasteiger partial charge >= 0.3 is 5.97 Å². The molecule has 9 heavy (non-hydrogen) atoms. The van der Waals surface area contributed by atoms with Crippen LogP contribution in [0, 0.1) is 0 Å². The molecule has 0 spiro atoms. The Morgan fingerprint density at radius 2 is 2.44 bits per heavy atom. The lowest BCUT2D eigenvalue weighted by Gasteiger charge is -1.80. The second kappa shape index (κ2) is 2.23. The Bertz CT molecular complexity index is 231. The second-order valence-electron chi connectivity index (χ2n) is 1.54. The van der Waals surface area contributed by atoms with Crippen molar-refractivity contribution in [1.29, 1.82) is 0 Å². The van der Waals surface area contributed by atoms with Gasteiger partial charge < -0.3 is 5.11 Å². The Hall–Kier alpha value is -0.765. The Kier molecular flexibility index (Phi) is 1.57. The molecule has 1 rings (SSSR count). The van der Waals surface area contributed by atoms with Crippen molar-refractivity contribution < 1.29 is 9.90 Å². The molecule has 0 aliphatic rings. The van der Waals surface area contributed by atoms with Gasteiger partial charge in [-0.25, -0.2) is 4.79 Å². The summed E-state index contributed by atoms with van der Waals surface area (Å²) < 4.78 is 0.535. The highest BCUT2D eigenvalue weighted by atomic mass is 32.1. The number of thiophene rings is 1. The third-order valence-corrected chi connectivity index (χ3v) is 1.63. The highest BCUT2D eigenvalue weighted by Crippen LogP contribution is 2.01. The number of carboxylic acids is 1. The minimum atomic E-state index is -0.928. The van der Waals surface area contributed by atoms with Crippen LogP contribution >= 0.6 is 11.3 Å². The van der Waals surface area contributed by atoms with Crippen LogP contribution in [0.15, 0.2) is 11.4 Å². The summed E-state index contributed by atoms with van der Waals surface area (Å²) in [5, 5.41) is 9.86. The van der Waals surface area contributed by atoms with Crippen molar-refractivity contribution in [3.05, 3.63) is 17.0 Å². The van der Waals surface area contributed by atoms with Gasteiger partial charge in [-0.1, -0.05) is 0 Å². The number of carboxylic acid groups (broad SMARTS) is 1. The van der Waals surface area contributed by atoms with Gasteiger partial charge in [0, 0.05) is 5.38 Å². The predicted molar refractivity (Wildman–Crippen MR) is 36.7 cm³/mol. The molecule has 0 aromatic carbocycles. The monoisotopic (exact) mass is 138 g/mol. The largest absolute Gasteiger partial charge is 0.478 e. The highest BCUT2D eigenvalue weighted by Gasteiger charge is 2.01. The van der Waals surface area contributed by atoms with Gasteiger partial charge in [0.1, 0.15) is 7.85 Å². The van der Waals surface area contributed by atoms with E-state index in [0.29, 0.717) is 4.78 Å². The van der Waals surface area contributed by atoms with E-state index >= 15 is 0 Å². The molecule has 4 heteroatoms. The smallest absolute Gasteiger partial charge is 0.336 e. The van der Waals surface area contributed by atoms with E-state index in [9.17, 15) is 4.79 Å². The van der Waals surface area contributed by atoms with Crippen LogP contribution in [0.5, 0.6) is 0 Å². The van der Waals surface area contributed by atoms with Crippen molar-refractivity contribution in [3.8, 4) is 0 Å². The lowest BCUT2D eigenvalue weighted by atomic mass is 10.1. The zero-order valence-electron chi connectivity index (χ0n) is 4.50. The number of aromatic carboxylic acids is 1. The molecular weight excluding hydrogens is 135 g/mol. The summed E-state index contributed by atoms with van der Waals surface area (Å²) in [6.07, 6.45) is 0. The number of rotatable bonds is 1. The van der Waals surface area contributed by atoms with Gasteiger partial charge in [0.2, 0.25) is 0 Å². The number of carbonyl (C=O) groups is 1. The maximum atomic E-state index is 10.2. The molecule has 0 atom stereocenters. The van der Waals surface area contributed by atoms with Crippen molar-refractivity contribution in [3.63, 3.8) is 0 Å². The van der Waals surface area contributed by atoms with Crippen LogP contribution in [-0.2, 0) is 0 Å². The van der Waals surface area contributed by atoms with Crippen LogP contribution in [0.4, 0.5) is 0 Å². The van der Waals surface area contributed by atoms with Crippen LogP contribution in [0.2, 0.25) is 0 Å². The molecule has 0 saturated heterocycles. The molecular formula is C5H3BO2S. The molecule has 0 aliphatic heterocycles. The molecule has 44 valence electrons. The Labute approximate surface area is 57.5 Å². The lowest BCUT2D eigenvalue weighted by Crippen LogP contribution is -1.96. The number of hydrogen-bond acceptors (Lipinski definition) is 2. The lowest BCUT2D eigenvalue weighted by molar-refractivity contribution is 0.0697. The molecule has 0 saturated carbocycles. The van der Waals surface area contributed by atoms with Gasteiger partial charge in [0.15, 0.2) is 0 Å². The summed E-state index contributed by atoms with van der Waals surface area (Å²) >= 11 is 1.23. The maximum absolute atomic E-state index is 10.2. The van der Waals surface area contributed by atoms with E-state index in [0.717, 1.165) is 0 Å². The van der Waals surface area contributed by atoms with E-state index in [-0.39, 0.29) is 5.56 Å². The maximum Gasteiger partial charge on any atom is 0.336 e. The van der Waals surface area contributed by atoms with Crippen LogP contribution in [0.25, 0.3) is 0 Å². The third-order valence-electron chi connectivity index (χ3n) is 0.867. The van der Waals surface area contributed by atoms with Gasteiger partial charge in [-0.3, -0.25) is 0 Å². The molecule has 0 aliphatic carbocycles. The summed E-state index contributed by atoms with van der Waals surface area (Å²) in [5.41, 5.74) is 0.262. The first-order valence-electron chi connectivity index (χ1n) is 2.27. The zero-order chi connectivity index (χ0) is 6.85. The molecule has 1 N–H and O–H groups in total. The van der Waals surface area contributed by atoms with Crippen molar-refractivity contribution in [2.75, 3.05) is 0 Å². The fourth-order valence-corrected chi connectivity index (χ4v) is 1.09. The summed E-state index contributed by atoms with van der Waals surface area (Å²) in [6, 6.07) is 1.44. The molecule has 0 fully saturated rings. The second-order valence-corrected chi connectivity index (χ2v) is 2.49. The minimum absolute atomic E-state index is 0.262. The summed E-state index contributed by atoms with van der Waals surface area (Å²) in [4.78, 5) is 10.2. The van der Waals surface area contributed by atoms with Crippen molar-refractivity contribution in [2.45, 2.75) is 0 Å². The molecule has 0 amide bonds. The molecule has 2 nitrogen and oxygen atoms in total. The van der Waals surface area contributed by atoms with Crippen LogP contribution < -0.4 is 4.78 Å². The molecule has 0 unspecified atom stereocenters. The van der Waals surface area contributed by atoms with Crippen molar-refractivity contribution >= 4 is 29.9 Å². The summed E-state index contributed by atoms with van der Waals surface area (Å²) in [7, 11) is 5.27. The van der Waals surface area contributed by atoms with E-state index in [1.165, 1.54) is 22.8 Å². The Balaban J connectivity index is 2.98. The first-order chi connectivity index (χ1) is 4.20.